The van der Waals surface area contributed by atoms with E-state index in [0.29, 0.717) is 6.42 Å². The van der Waals surface area contributed by atoms with Crippen molar-refractivity contribution in [1.82, 2.24) is 0 Å². The Labute approximate surface area is 111 Å². The summed E-state index contributed by atoms with van der Waals surface area (Å²) in [4.78, 5) is 11.1. The molecule has 1 unspecified atom stereocenters. The molecule has 0 radical (unpaired) electrons. The Morgan fingerprint density at radius 1 is 1.61 bits per heavy atom. The smallest absolute Gasteiger partial charge is 0.339 e. The summed E-state index contributed by atoms with van der Waals surface area (Å²) in [6, 6.07) is 2.69. The van der Waals surface area contributed by atoms with Crippen LogP contribution in [0.4, 0.5) is 5.69 Å². The van der Waals surface area contributed by atoms with Crippen LogP contribution in [0, 0.1) is 11.8 Å². The van der Waals surface area contributed by atoms with Crippen LogP contribution in [0.25, 0.3) is 0 Å². The fraction of sp³-hybridized carbons (Fsp3) is 0.308. The lowest BCUT2D eigenvalue weighted by Gasteiger charge is -2.15. The maximum atomic E-state index is 11.1. The van der Waals surface area contributed by atoms with E-state index in [1.165, 1.54) is 12.1 Å². The Morgan fingerprint density at radius 3 is 2.78 bits per heavy atom. The highest BCUT2D eigenvalue weighted by Crippen LogP contribution is 2.29. The number of hydrogen-bond donors (Lipinski definition) is 2. The van der Waals surface area contributed by atoms with Gasteiger partial charge in [-0.15, -0.1) is 5.92 Å². The molecule has 1 aromatic rings. The standard InChI is InChI=1S/C13H14ClNO3/c1-3-5-8(4-2)18-12-7-11(15)10(14)6-9(12)13(16)17/h6-8H,4,15H2,1-2H3,(H,16,17). The quantitative estimate of drug-likeness (QED) is 0.650. The topological polar surface area (TPSA) is 72.5 Å². The minimum Gasteiger partial charge on any atom is -0.478 e. The van der Waals surface area contributed by atoms with Gasteiger partial charge in [0.1, 0.15) is 11.3 Å². The lowest BCUT2D eigenvalue weighted by molar-refractivity contribution is 0.0691. The molecule has 0 fully saturated rings. The first-order chi connectivity index (χ1) is 8.49. The van der Waals surface area contributed by atoms with Crippen molar-refractivity contribution in [2.75, 3.05) is 5.73 Å². The Bertz CT molecular complexity index is 517. The molecule has 4 nitrogen and oxygen atoms in total. The van der Waals surface area contributed by atoms with E-state index in [-0.39, 0.29) is 28.1 Å². The van der Waals surface area contributed by atoms with Gasteiger partial charge in [0.15, 0.2) is 6.10 Å². The second kappa shape index (κ2) is 6.18. The van der Waals surface area contributed by atoms with Crippen molar-refractivity contribution in [3.63, 3.8) is 0 Å². The van der Waals surface area contributed by atoms with Crippen LogP contribution in [0.5, 0.6) is 5.75 Å². The molecule has 0 amide bonds. The summed E-state index contributed by atoms with van der Waals surface area (Å²) in [5, 5.41) is 9.27. The SMILES string of the molecule is CC#CC(CC)Oc1cc(N)c(Cl)cc1C(=O)O. The molecule has 1 aromatic carbocycles. The van der Waals surface area contributed by atoms with E-state index in [0.717, 1.165) is 0 Å². The highest BCUT2D eigenvalue weighted by Gasteiger charge is 2.16. The van der Waals surface area contributed by atoms with Gasteiger partial charge in [0.25, 0.3) is 0 Å². The van der Waals surface area contributed by atoms with Crippen LogP contribution >= 0.6 is 11.6 Å². The zero-order chi connectivity index (χ0) is 13.7. The van der Waals surface area contributed by atoms with Gasteiger partial charge in [-0.2, -0.15) is 0 Å². The summed E-state index contributed by atoms with van der Waals surface area (Å²) < 4.78 is 5.54. The number of carboxylic acid groups (broad SMARTS) is 1. The third-order valence-corrected chi connectivity index (χ3v) is 2.60. The third-order valence-electron chi connectivity index (χ3n) is 2.27. The van der Waals surface area contributed by atoms with E-state index in [4.69, 9.17) is 27.2 Å². The van der Waals surface area contributed by atoms with Crippen molar-refractivity contribution >= 4 is 23.3 Å². The van der Waals surface area contributed by atoms with Crippen LogP contribution in [0.1, 0.15) is 30.6 Å². The summed E-state index contributed by atoms with van der Waals surface area (Å²) in [6.07, 6.45) is 0.274. The molecule has 0 saturated heterocycles. The van der Waals surface area contributed by atoms with Crippen LogP contribution in [0.3, 0.4) is 0 Å². The molecule has 0 heterocycles. The van der Waals surface area contributed by atoms with Gasteiger partial charge in [-0.3, -0.25) is 0 Å². The van der Waals surface area contributed by atoms with E-state index < -0.39 is 5.97 Å². The molecule has 1 rings (SSSR count). The van der Waals surface area contributed by atoms with Gasteiger partial charge in [0.2, 0.25) is 0 Å². The molecular formula is C13H14ClNO3. The summed E-state index contributed by atoms with van der Waals surface area (Å²) in [5.74, 6) is 4.64. The van der Waals surface area contributed by atoms with E-state index in [9.17, 15) is 4.79 Å². The van der Waals surface area contributed by atoms with E-state index in [1.54, 1.807) is 6.92 Å². The third kappa shape index (κ3) is 3.31. The maximum Gasteiger partial charge on any atom is 0.339 e. The molecular weight excluding hydrogens is 254 g/mol. The van der Waals surface area contributed by atoms with Gasteiger partial charge in [-0.1, -0.05) is 24.4 Å². The van der Waals surface area contributed by atoms with Crippen LogP contribution in [0.2, 0.25) is 5.02 Å². The number of benzene rings is 1. The Morgan fingerprint density at radius 2 is 2.28 bits per heavy atom. The molecule has 0 bridgehead atoms. The Hall–Kier alpha value is -1.86. The fourth-order valence-corrected chi connectivity index (χ4v) is 1.53. The molecule has 0 aliphatic rings. The molecule has 5 heteroatoms. The second-order valence-corrected chi connectivity index (χ2v) is 3.99. The van der Waals surface area contributed by atoms with Gasteiger partial charge in [0.05, 0.1) is 10.7 Å². The first-order valence-electron chi connectivity index (χ1n) is 5.40. The normalized spacial score (nSPS) is 11.3. The monoisotopic (exact) mass is 267 g/mol. The minimum absolute atomic E-state index is 0.0226. The van der Waals surface area contributed by atoms with Crippen LogP contribution in [0.15, 0.2) is 12.1 Å². The second-order valence-electron chi connectivity index (χ2n) is 3.58. The van der Waals surface area contributed by atoms with Gasteiger partial charge >= 0.3 is 5.97 Å². The predicted octanol–water partition coefficient (Wildman–Crippen LogP) is 2.80. The lowest BCUT2D eigenvalue weighted by Crippen LogP contribution is -2.15. The number of anilines is 1. The number of nitrogens with two attached hydrogens (primary N) is 1. The minimum atomic E-state index is -1.12. The molecule has 18 heavy (non-hydrogen) atoms. The summed E-state index contributed by atoms with van der Waals surface area (Å²) in [5.41, 5.74) is 5.89. The zero-order valence-corrected chi connectivity index (χ0v) is 10.9. The largest absolute Gasteiger partial charge is 0.478 e. The summed E-state index contributed by atoms with van der Waals surface area (Å²) in [6.45, 7) is 3.59. The average Bonchev–Trinajstić information content (AvgIpc) is 2.32. The van der Waals surface area contributed by atoms with Gasteiger partial charge < -0.3 is 15.6 Å². The van der Waals surface area contributed by atoms with E-state index in [1.807, 2.05) is 6.92 Å². The number of rotatable bonds is 4. The first kappa shape index (κ1) is 14.2. The van der Waals surface area contributed by atoms with Crippen LogP contribution in [-0.4, -0.2) is 17.2 Å². The Kier molecular flexibility index (Phi) is 4.87. The predicted molar refractivity (Wildman–Crippen MR) is 71.0 cm³/mol. The number of ether oxygens (including phenoxy) is 1. The molecule has 0 aromatic heterocycles. The molecule has 1 atom stereocenters. The van der Waals surface area contributed by atoms with E-state index >= 15 is 0 Å². The van der Waals surface area contributed by atoms with Crippen LogP contribution < -0.4 is 10.5 Å². The molecule has 0 aliphatic heterocycles. The number of hydrogen-bond acceptors (Lipinski definition) is 3. The van der Waals surface area contributed by atoms with Crippen LogP contribution in [-0.2, 0) is 0 Å². The van der Waals surface area contributed by atoms with Crippen molar-refractivity contribution < 1.29 is 14.6 Å². The molecule has 0 spiro atoms. The number of aromatic carboxylic acids is 1. The van der Waals surface area contributed by atoms with Crippen molar-refractivity contribution in [3.8, 4) is 17.6 Å². The number of nitrogen functional groups attached to an aromatic ring is 1. The zero-order valence-electron chi connectivity index (χ0n) is 10.2. The molecule has 96 valence electrons. The van der Waals surface area contributed by atoms with Gasteiger partial charge in [-0.25, -0.2) is 4.79 Å². The lowest BCUT2D eigenvalue weighted by atomic mass is 10.1. The first-order valence-corrected chi connectivity index (χ1v) is 5.78. The molecule has 3 N–H and O–H groups in total. The molecule has 0 aliphatic carbocycles. The van der Waals surface area contributed by atoms with Gasteiger partial charge in [0, 0.05) is 6.07 Å². The highest BCUT2D eigenvalue weighted by atomic mass is 35.5. The van der Waals surface area contributed by atoms with Crippen molar-refractivity contribution in [2.24, 2.45) is 0 Å². The molecule has 0 saturated carbocycles. The van der Waals surface area contributed by atoms with Gasteiger partial charge in [-0.05, 0) is 19.4 Å². The average molecular weight is 268 g/mol. The Balaban J connectivity index is 3.16. The summed E-state index contributed by atoms with van der Waals surface area (Å²) in [7, 11) is 0. The maximum absolute atomic E-state index is 11.1. The summed E-state index contributed by atoms with van der Waals surface area (Å²) >= 11 is 5.79. The van der Waals surface area contributed by atoms with Crippen molar-refractivity contribution in [2.45, 2.75) is 26.4 Å². The van der Waals surface area contributed by atoms with Crippen molar-refractivity contribution in [1.29, 1.82) is 0 Å². The van der Waals surface area contributed by atoms with E-state index in [2.05, 4.69) is 11.8 Å². The fourth-order valence-electron chi connectivity index (χ4n) is 1.36. The number of carboxylic acids is 1. The number of halogens is 1. The highest BCUT2D eigenvalue weighted by molar-refractivity contribution is 6.33. The van der Waals surface area contributed by atoms with Crippen molar-refractivity contribution in [3.05, 3.63) is 22.7 Å². The number of carbonyl (C=O) groups is 1.